The second kappa shape index (κ2) is 12.6. The summed E-state index contributed by atoms with van der Waals surface area (Å²) in [7, 11) is 0. The van der Waals surface area contributed by atoms with E-state index in [-0.39, 0.29) is 0 Å². The molecule has 2 aromatic carbocycles. The first-order valence-corrected chi connectivity index (χ1v) is 10.8. The van der Waals surface area contributed by atoms with E-state index in [1.54, 1.807) is 12.4 Å². The summed E-state index contributed by atoms with van der Waals surface area (Å²) >= 11 is 5.19. The molecular weight excluding hydrogens is 392 g/mol. The van der Waals surface area contributed by atoms with Crippen LogP contribution in [-0.2, 0) is 0 Å². The molecule has 0 atom stereocenters. The Hall–Kier alpha value is -2.93. The Balaban J connectivity index is 1.80. The van der Waals surface area contributed by atoms with Crippen molar-refractivity contribution in [1.82, 2.24) is 10.9 Å². The Morgan fingerprint density at radius 1 is 0.700 bits per heavy atom. The molecule has 2 N–H and O–H groups in total. The van der Waals surface area contributed by atoms with Gasteiger partial charge in [-0.2, -0.15) is 10.2 Å². The summed E-state index contributed by atoms with van der Waals surface area (Å²) in [4.78, 5) is 4.60. The van der Waals surface area contributed by atoms with Gasteiger partial charge in [0.1, 0.15) is 0 Å². The lowest BCUT2D eigenvalue weighted by atomic mass is 10.2. The van der Waals surface area contributed by atoms with Gasteiger partial charge in [0.25, 0.3) is 0 Å². The van der Waals surface area contributed by atoms with E-state index >= 15 is 0 Å². The normalized spacial score (nSPS) is 11.1. The third-order valence-electron chi connectivity index (χ3n) is 4.80. The molecule has 0 aromatic heterocycles. The first kappa shape index (κ1) is 23.3. The smallest absolute Gasteiger partial charge is 0.207 e. The van der Waals surface area contributed by atoms with Crippen LogP contribution in [0.15, 0.2) is 58.7 Å². The van der Waals surface area contributed by atoms with Gasteiger partial charge in [0.05, 0.1) is 12.4 Å². The highest BCUT2D eigenvalue weighted by molar-refractivity contribution is 7.80. The van der Waals surface area contributed by atoms with Crippen LogP contribution in [0.5, 0.6) is 0 Å². The molecule has 30 heavy (non-hydrogen) atoms. The topological polar surface area (TPSA) is 55.3 Å². The Kier molecular flexibility index (Phi) is 9.80. The van der Waals surface area contributed by atoms with Crippen LogP contribution in [0.3, 0.4) is 0 Å². The lowest BCUT2D eigenvalue weighted by Crippen LogP contribution is -2.28. The molecule has 0 bridgehead atoms. The van der Waals surface area contributed by atoms with Gasteiger partial charge in [0, 0.05) is 37.6 Å². The summed E-state index contributed by atoms with van der Waals surface area (Å²) in [6, 6.07) is 16.5. The average Bonchev–Trinajstić information content (AvgIpc) is 2.77. The van der Waals surface area contributed by atoms with Gasteiger partial charge in [-0.15, -0.1) is 0 Å². The fourth-order valence-corrected chi connectivity index (χ4v) is 3.18. The SMILES string of the molecule is CCN(CC)c1ccc(C=NNC(=S)N/N=C/c2ccc(N(CC)CC)cc2)cc1. The average molecular weight is 425 g/mol. The fourth-order valence-electron chi connectivity index (χ4n) is 3.08. The zero-order valence-electron chi connectivity index (χ0n) is 18.3. The summed E-state index contributed by atoms with van der Waals surface area (Å²) in [5.41, 5.74) is 9.97. The summed E-state index contributed by atoms with van der Waals surface area (Å²) in [6.07, 6.45) is 3.46. The van der Waals surface area contributed by atoms with Crippen molar-refractivity contribution in [2.45, 2.75) is 27.7 Å². The molecule has 0 radical (unpaired) electrons. The van der Waals surface area contributed by atoms with Crippen LogP contribution in [0, 0.1) is 0 Å². The Bertz CT molecular complexity index is 752. The van der Waals surface area contributed by atoms with Crippen molar-refractivity contribution in [2.24, 2.45) is 10.2 Å². The predicted octanol–water partition coefficient (Wildman–Crippen LogP) is 4.21. The van der Waals surface area contributed by atoms with Crippen LogP contribution in [0.25, 0.3) is 0 Å². The van der Waals surface area contributed by atoms with Gasteiger partial charge in [-0.3, -0.25) is 10.9 Å². The van der Waals surface area contributed by atoms with E-state index in [4.69, 9.17) is 12.2 Å². The van der Waals surface area contributed by atoms with Crippen LogP contribution >= 0.6 is 12.2 Å². The molecule has 0 amide bonds. The molecule has 2 aromatic rings. The van der Waals surface area contributed by atoms with Gasteiger partial charge in [-0.05, 0) is 75.3 Å². The van der Waals surface area contributed by atoms with E-state index in [9.17, 15) is 0 Å². The van der Waals surface area contributed by atoms with E-state index in [2.05, 4.69) is 82.8 Å². The number of hydrazone groups is 2. The minimum absolute atomic E-state index is 0.335. The number of nitrogens with zero attached hydrogens (tertiary/aromatic N) is 4. The van der Waals surface area contributed by atoms with E-state index in [1.807, 2.05) is 24.3 Å². The van der Waals surface area contributed by atoms with Gasteiger partial charge < -0.3 is 9.80 Å². The molecule has 160 valence electrons. The highest BCUT2D eigenvalue weighted by atomic mass is 32.1. The van der Waals surface area contributed by atoms with Crippen molar-refractivity contribution in [3.8, 4) is 0 Å². The van der Waals surface area contributed by atoms with Crippen LogP contribution in [-0.4, -0.2) is 43.7 Å². The molecule has 0 unspecified atom stereocenters. The van der Waals surface area contributed by atoms with Crippen LogP contribution < -0.4 is 20.7 Å². The highest BCUT2D eigenvalue weighted by Crippen LogP contribution is 2.14. The maximum absolute atomic E-state index is 5.19. The summed E-state index contributed by atoms with van der Waals surface area (Å²) in [5, 5.41) is 8.66. The summed E-state index contributed by atoms with van der Waals surface area (Å²) < 4.78 is 0. The van der Waals surface area contributed by atoms with Crippen molar-refractivity contribution in [2.75, 3.05) is 36.0 Å². The van der Waals surface area contributed by atoms with Gasteiger partial charge in [-0.1, -0.05) is 24.3 Å². The van der Waals surface area contributed by atoms with Gasteiger partial charge in [-0.25, -0.2) is 0 Å². The maximum Gasteiger partial charge on any atom is 0.207 e. The number of hydrogen-bond acceptors (Lipinski definition) is 5. The molecule has 2 rings (SSSR count). The molecule has 0 saturated carbocycles. The van der Waals surface area contributed by atoms with Crippen LogP contribution in [0.4, 0.5) is 11.4 Å². The van der Waals surface area contributed by atoms with E-state index in [0.29, 0.717) is 5.11 Å². The van der Waals surface area contributed by atoms with Crippen molar-refractivity contribution in [3.05, 3.63) is 59.7 Å². The number of thiocarbonyl (C=S) groups is 1. The molecule has 0 saturated heterocycles. The number of nitrogens with one attached hydrogen (secondary N) is 2. The van der Waals surface area contributed by atoms with Crippen molar-refractivity contribution < 1.29 is 0 Å². The van der Waals surface area contributed by atoms with E-state index < -0.39 is 0 Å². The molecule has 0 spiro atoms. The Morgan fingerprint density at radius 3 is 1.33 bits per heavy atom. The molecule has 6 nitrogen and oxygen atoms in total. The molecule has 0 aliphatic heterocycles. The summed E-state index contributed by atoms with van der Waals surface area (Å²) in [6.45, 7) is 12.6. The molecule has 0 aliphatic rings. The summed E-state index contributed by atoms with van der Waals surface area (Å²) in [5.74, 6) is 0. The largest absolute Gasteiger partial charge is 0.372 e. The zero-order chi connectivity index (χ0) is 21.8. The van der Waals surface area contributed by atoms with Crippen LogP contribution in [0.1, 0.15) is 38.8 Å². The lowest BCUT2D eigenvalue weighted by Gasteiger charge is -2.20. The molecule has 0 aliphatic carbocycles. The second-order valence-electron chi connectivity index (χ2n) is 6.60. The van der Waals surface area contributed by atoms with Crippen LogP contribution in [0.2, 0.25) is 0 Å². The molecule has 0 heterocycles. The van der Waals surface area contributed by atoms with Crippen molar-refractivity contribution >= 4 is 41.1 Å². The number of benzene rings is 2. The number of anilines is 2. The predicted molar refractivity (Wildman–Crippen MR) is 134 cm³/mol. The quantitative estimate of drug-likeness (QED) is 0.340. The van der Waals surface area contributed by atoms with Crippen molar-refractivity contribution in [3.63, 3.8) is 0 Å². The maximum atomic E-state index is 5.19. The fraction of sp³-hybridized carbons (Fsp3) is 0.348. The first-order valence-electron chi connectivity index (χ1n) is 10.4. The van der Waals surface area contributed by atoms with Gasteiger partial charge in [0.2, 0.25) is 5.11 Å². The number of rotatable bonds is 10. The molecule has 7 heteroatoms. The van der Waals surface area contributed by atoms with E-state index in [0.717, 1.165) is 37.3 Å². The number of hydrogen-bond donors (Lipinski definition) is 2. The minimum Gasteiger partial charge on any atom is -0.372 e. The third-order valence-corrected chi connectivity index (χ3v) is 4.99. The minimum atomic E-state index is 0.335. The molecule has 0 fully saturated rings. The monoisotopic (exact) mass is 424 g/mol. The zero-order valence-corrected chi connectivity index (χ0v) is 19.1. The second-order valence-corrected chi connectivity index (χ2v) is 7.01. The lowest BCUT2D eigenvalue weighted by molar-refractivity contribution is 0.866. The third kappa shape index (κ3) is 7.15. The van der Waals surface area contributed by atoms with Gasteiger partial charge in [0.15, 0.2) is 0 Å². The highest BCUT2D eigenvalue weighted by Gasteiger charge is 2.01. The Labute approximate surface area is 185 Å². The van der Waals surface area contributed by atoms with Crippen molar-refractivity contribution in [1.29, 1.82) is 0 Å². The molecular formula is C23H32N6S. The van der Waals surface area contributed by atoms with E-state index in [1.165, 1.54) is 11.4 Å². The van der Waals surface area contributed by atoms with Gasteiger partial charge >= 0.3 is 0 Å². The standard InChI is InChI=1S/C23H32N6S/c1-5-28(6-2)21-13-9-19(10-14-21)17-24-26-23(30)27-25-18-20-11-15-22(16-12-20)29(7-3)8-4/h9-18H,5-8H2,1-4H3,(H2,26,27,30)/b24-17+,25-18?. The Morgan fingerprint density at radius 2 is 1.03 bits per heavy atom. The first-order chi connectivity index (χ1) is 14.6.